The second kappa shape index (κ2) is 11.4. The maximum Gasteiger partial charge on any atom is 0.256 e. The lowest BCUT2D eigenvalue weighted by molar-refractivity contribution is -0.110. The van der Waals surface area contributed by atoms with E-state index < -0.39 is 0 Å². The number of aromatic nitrogens is 2. The monoisotopic (exact) mass is 531 g/mol. The summed E-state index contributed by atoms with van der Waals surface area (Å²) in [6.07, 6.45) is 4.37. The number of thiazole rings is 1. The summed E-state index contributed by atoms with van der Waals surface area (Å²) >= 11 is 1.71. The molecule has 1 fully saturated rings. The molecular weight excluding hydrogens is 494 g/mol. The molecule has 1 amide bonds. The summed E-state index contributed by atoms with van der Waals surface area (Å²) in [5, 5.41) is 9.68. The number of ketones is 1. The van der Waals surface area contributed by atoms with Crippen LogP contribution in [0.4, 0.5) is 5.69 Å². The van der Waals surface area contributed by atoms with Crippen LogP contribution in [0, 0.1) is 13.8 Å². The van der Waals surface area contributed by atoms with Crippen LogP contribution in [0.25, 0.3) is 22.9 Å². The second-order valence-corrected chi connectivity index (χ2v) is 11.1. The van der Waals surface area contributed by atoms with Crippen LogP contribution in [0.15, 0.2) is 23.6 Å². The Hall–Kier alpha value is -3.07. The van der Waals surface area contributed by atoms with Crippen LogP contribution in [-0.4, -0.2) is 59.3 Å². The summed E-state index contributed by atoms with van der Waals surface area (Å²) in [4.78, 5) is 36.7. The predicted molar refractivity (Wildman–Crippen MR) is 156 cm³/mol. The molecule has 3 aromatic rings. The smallest absolute Gasteiger partial charge is 0.256 e. The van der Waals surface area contributed by atoms with E-state index in [1.54, 1.807) is 11.3 Å². The van der Waals surface area contributed by atoms with E-state index in [1.807, 2.05) is 32.1 Å². The zero-order valence-electron chi connectivity index (χ0n) is 22.7. The van der Waals surface area contributed by atoms with Crippen molar-refractivity contribution >= 4 is 40.4 Å². The summed E-state index contributed by atoms with van der Waals surface area (Å²) in [5.74, 6) is 0.505. The van der Waals surface area contributed by atoms with Crippen molar-refractivity contribution in [2.45, 2.75) is 52.9 Å². The maximum absolute atomic E-state index is 13.1. The summed E-state index contributed by atoms with van der Waals surface area (Å²) in [5.41, 5.74) is 7.52. The van der Waals surface area contributed by atoms with Gasteiger partial charge in [0, 0.05) is 58.0 Å². The first kappa shape index (κ1) is 26.5. The maximum atomic E-state index is 13.1. The van der Waals surface area contributed by atoms with Crippen molar-refractivity contribution in [3.05, 3.63) is 56.7 Å². The van der Waals surface area contributed by atoms with Crippen LogP contribution >= 0.6 is 11.3 Å². The molecule has 38 heavy (non-hydrogen) atoms. The van der Waals surface area contributed by atoms with Crippen LogP contribution < -0.4 is 10.6 Å². The number of nitrogens with one attached hydrogen (secondary N) is 3. The first-order valence-electron chi connectivity index (χ1n) is 13.7. The highest BCUT2D eigenvalue weighted by molar-refractivity contribution is 7.10. The molecular formula is C30H37N5O2S. The summed E-state index contributed by atoms with van der Waals surface area (Å²) < 4.78 is 0. The summed E-state index contributed by atoms with van der Waals surface area (Å²) in [7, 11) is 0. The van der Waals surface area contributed by atoms with E-state index in [-0.39, 0.29) is 11.7 Å². The Morgan fingerprint density at radius 3 is 2.79 bits per heavy atom. The minimum absolute atomic E-state index is 0.133. The van der Waals surface area contributed by atoms with Crippen molar-refractivity contribution in [3.63, 3.8) is 0 Å². The van der Waals surface area contributed by atoms with Gasteiger partial charge >= 0.3 is 0 Å². The highest BCUT2D eigenvalue weighted by atomic mass is 32.1. The molecule has 0 aliphatic carbocycles. The van der Waals surface area contributed by atoms with E-state index in [2.05, 4.69) is 45.8 Å². The molecule has 1 aromatic carbocycles. The van der Waals surface area contributed by atoms with Crippen LogP contribution in [-0.2, 0) is 4.79 Å². The fraction of sp³-hybridized carbons (Fsp3) is 0.433. The van der Waals surface area contributed by atoms with Gasteiger partial charge < -0.3 is 20.5 Å². The normalized spacial score (nSPS) is 18.0. The molecule has 0 saturated carbocycles. The number of Topliss-reactive ketones (excluding diaryl/α,β-unsaturated/α-hetero) is 1. The Morgan fingerprint density at radius 2 is 2.05 bits per heavy atom. The Labute approximate surface area is 228 Å². The molecule has 0 spiro atoms. The number of benzene rings is 1. The van der Waals surface area contributed by atoms with Gasteiger partial charge in [0.1, 0.15) is 0 Å². The number of aromatic amines is 1. The third-order valence-corrected chi connectivity index (χ3v) is 8.85. The van der Waals surface area contributed by atoms with E-state index in [1.165, 1.54) is 5.01 Å². The van der Waals surface area contributed by atoms with Crippen molar-refractivity contribution in [3.8, 4) is 11.3 Å². The Kier molecular flexibility index (Phi) is 7.93. The second-order valence-electron chi connectivity index (χ2n) is 10.3. The predicted octanol–water partition coefficient (Wildman–Crippen LogP) is 5.63. The van der Waals surface area contributed by atoms with E-state index in [4.69, 9.17) is 4.98 Å². The van der Waals surface area contributed by atoms with Gasteiger partial charge in [0.2, 0.25) is 0 Å². The Morgan fingerprint density at radius 1 is 1.24 bits per heavy atom. The van der Waals surface area contributed by atoms with Gasteiger partial charge in [-0.1, -0.05) is 19.9 Å². The van der Waals surface area contributed by atoms with Crippen LogP contribution in [0.2, 0.25) is 0 Å². The number of carbonyl (C=O) groups is 2. The van der Waals surface area contributed by atoms with E-state index >= 15 is 0 Å². The summed E-state index contributed by atoms with van der Waals surface area (Å²) in [6, 6.07) is 6.03. The van der Waals surface area contributed by atoms with E-state index in [9.17, 15) is 9.59 Å². The van der Waals surface area contributed by atoms with Crippen LogP contribution in [0.5, 0.6) is 0 Å². The number of hydrogen-bond acceptors (Lipinski definition) is 6. The Balaban J connectivity index is 1.39. The highest BCUT2D eigenvalue weighted by Gasteiger charge is 2.27. The van der Waals surface area contributed by atoms with Crippen LogP contribution in [0.1, 0.15) is 76.9 Å². The minimum atomic E-state index is -0.133. The molecule has 2 aliphatic rings. The van der Waals surface area contributed by atoms with Gasteiger partial charge in [0.25, 0.3) is 5.91 Å². The van der Waals surface area contributed by atoms with Gasteiger partial charge in [0.15, 0.2) is 5.78 Å². The van der Waals surface area contributed by atoms with Gasteiger partial charge in [-0.2, -0.15) is 0 Å². The molecule has 0 radical (unpaired) electrons. The highest BCUT2D eigenvalue weighted by Crippen LogP contribution is 2.38. The first-order valence-corrected chi connectivity index (χ1v) is 14.6. The zero-order chi connectivity index (χ0) is 26.8. The van der Waals surface area contributed by atoms with Crippen molar-refractivity contribution in [1.29, 1.82) is 0 Å². The number of carbonyl (C=O) groups excluding carboxylic acids is 2. The number of H-pyrrole nitrogens is 1. The largest absolute Gasteiger partial charge is 0.358 e. The number of nitrogens with zero attached hydrogens (tertiary/aromatic N) is 2. The van der Waals surface area contributed by atoms with Crippen molar-refractivity contribution in [2.75, 3.05) is 38.0 Å². The average Bonchev–Trinajstić information content (AvgIpc) is 3.70. The topological polar surface area (TPSA) is 90.1 Å². The molecule has 2 aromatic heterocycles. The third kappa shape index (κ3) is 5.25. The molecule has 1 unspecified atom stereocenters. The molecule has 5 rings (SSSR count). The first-order chi connectivity index (χ1) is 18.4. The fourth-order valence-electron chi connectivity index (χ4n) is 5.57. The standard InChI is InChI=1S/C30H37N5O2S/c1-5-35(6-2)13-7-8-27(36)28-18(3)25(32-19(28)4)15-23-22-14-20(9-10-24(22)33-29(23)37)26-17-38-30(34-26)21-11-12-31-16-21/h9-10,14-15,17,21,31-32H,5-8,11-13,16H2,1-4H3,(H,33,37)/b23-15-. The van der Waals surface area contributed by atoms with Gasteiger partial charge in [-0.05, 0) is 76.6 Å². The summed E-state index contributed by atoms with van der Waals surface area (Å²) in [6.45, 7) is 13.1. The number of fused-ring (bicyclic) bond motifs is 1. The quantitative estimate of drug-likeness (QED) is 0.233. The molecule has 200 valence electrons. The van der Waals surface area contributed by atoms with Crippen molar-refractivity contribution in [2.24, 2.45) is 0 Å². The molecule has 7 nitrogen and oxygen atoms in total. The zero-order valence-corrected chi connectivity index (χ0v) is 23.6. The Bertz CT molecular complexity index is 1380. The molecule has 0 bridgehead atoms. The number of amides is 1. The van der Waals surface area contributed by atoms with Gasteiger partial charge in [-0.15, -0.1) is 11.3 Å². The van der Waals surface area contributed by atoms with Gasteiger partial charge in [-0.25, -0.2) is 4.98 Å². The molecule has 8 heteroatoms. The van der Waals surface area contributed by atoms with E-state index in [0.29, 0.717) is 17.9 Å². The molecule has 4 heterocycles. The molecule has 2 aliphatic heterocycles. The number of anilines is 1. The van der Waals surface area contributed by atoms with Crippen molar-refractivity contribution < 1.29 is 9.59 Å². The number of hydrogen-bond donors (Lipinski definition) is 3. The van der Waals surface area contributed by atoms with E-state index in [0.717, 1.165) is 90.6 Å². The SMILES string of the molecule is CCN(CC)CCCC(=O)c1c(C)[nH]c(/C=C2\C(=O)Nc3ccc(-c4csc(C5CCNC5)n4)cc32)c1C. The lowest BCUT2D eigenvalue weighted by atomic mass is 9.99. The number of aryl methyl sites for hydroxylation is 1. The molecule has 1 atom stereocenters. The lowest BCUT2D eigenvalue weighted by Gasteiger charge is -2.17. The molecule has 1 saturated heterocycles. The number of rotatable bonds is 10. The fourth-order valence-corrected chi connectivity index (χ4v) is 6.54. The molecule has 3 N–H and O–H groups in total. The van der Waals surface area contributed by atoms with Crippen molar-refractivity contribution in [1.82, 2.24) is 20.2 Å². The van der Waals surface area contributed by atoms with Gasteiger partial charge in [-0.3, -0.25) is 9.59 Å². The third-order valence-electron chi connectivity index (χ3n) is 7.85. The van der Waals surface area contributed by atoms with Crippen LogP contribution in [0.3, 0.4) is 0 Å². The lowest BCUT2D eigenvalue weighted by Crippen LogP contribution is -2.24. The van der Waals surface area contributed by atoms with Gasteiger partial charge in [0.05, 0.1) is 16.3 Å². The minimum Gasteiger partial charge on any atom is -0.358 e. The average molecular weight is 532 g/mol.